The topological polar surface area (TPSA) is 50.4 Å². The summed E-state index contributed by atoms with van der Waals surface area (Å²) in [4.78, 5) is 11.4. The minimum atomic E-state index is -2.84. The van der Waals surface area contributed by atoms with Crippen molar-refractivity contribution in [2.45, 2.75) is 26.0 Å². The zero-order valence-corrected chi connectivity index (χ0v) is 13.0. The molecule has 2 rings (SSSR count). The second kappa shape index (κ2) is 7.70. The van der Waals surface area contributed by atoms with Gasteiger partial charge in [-0.2, -0.15) is 8.78 Å². The van der Waals surface area contributed by atoms with E-state index in [9.17, 15) is 13.6 Å². The highest BCUT2D eigenvalue weighted by Crippen LogP contribution is 2.28. The smallest absolute Gasteiger partial charge is 0.387 e. The Bertz CT molecular complexity index is 496. The SMILES string of the molecule is O=C(NCCNCc1cc(Br)ccc1OC(F)F)C1CC1. The number of halogens is 3. The lowest BCUT2D eigenvalue weighted by Crippen LogP contribution is -2.32. The Morgan fingerprint density at radius 1 is 1.38 bits per heavy atom. The first-order valence-electron chi connectivity index (χ1n) is 6.78. The molecule has 0 heterocycles. The molecule has 116 valence electrons. The van der Waals surface area contributed by atoms with Gasteiger partial charge < -0.3 is 15.4 Å². The normalized spacial score (nSPS) is 14.3. The number of benzene rings is 1. The molecule has 0 bridgehead atoms. The van der Waals surface area contributed by atoms with Gasteiger partial charge in [-0.3, -0.25) is 4.79 Å². The molecule has 1 amide bonds. The average Bonchev–Trinajstić information content (AvgIpc) is 3.25. The average molecular weight is 363 g/mol. The molecule has 1 aromatic carbocycles. The monoisotopic (exact) mass is 362 g/mol. The van der Waals surface area contributed by atoms with E-state index in [0.29, 0.717) is 25.2 Å². The number of hydrogen-bond acceptors (Lipinski definition) is 3. The lowest BCUT2D eigenvalue weighted by atomic mass is 10.2. The molecule has 21 heavy (non-hydrogen) atoms. The van der Waals surface area contributed by atoms with Crippen LogP contribution in [0.25, 0.3) is 0 Å². The number of hydrogen-bond donors (Lipinski definition) is 2. The molecule has 0 aliphatic heterocycles. The number of amides is 1. The van der Waals surface area contributed by atoms with E-state index in [1.54, 1.807) is 12.1 Å². The summed E-state index contributed by atoms with van der Waals surface area (Å²) in [6, 6.07) is 4.88. The fraction of sp³-hybridized carbons (Fsp3) is 0.500. The molecule has 0 atom stereocenters. The third kappa shape index (κ3) is 5.59. The van der Waals surface area contributed by atoms with Crippen LogP contribution >= 0.6 is 15.9 Å². The second-order valence-corrected chi connectivity index (χ2v) is 5.79. The van der Waals surface area contributed by atoms with Gasteiger partial charge in [-0.1, -0.05) is 15.9 Å². The summed E-state index contributed by atoms with van der Waals surface area (Å²) in [6.07, 6.45) is 1.96. The Morgan fingerprint density at radius 2 is 2.14 bits per heavy atom. The Labute approximate surface area is 130 Å². The summed E-state index contributed by atoms with van der Waals surface area (Å²) in [5.74, 6) is 0.449. The van der Waals surface area contributed by atoms with Gasteiger partial charge >= 0.3 is 6.61 Å². The van der Waals surface area contributed by atoms with Gasteiger partial charge in [0.05, 0.1) is 0 Å². The molecule has 0 radical (unpaired) electrons. The van der Waals surface area contributed by atoms with Crippen molar-refractivity contribution in [2.24, 2.45) is 5.92 Å². The van der Waals surface area contributed by atoms with E-state index in [1.165, 1.54) is 6.07 Å². The summed E-state index contributed by atoms with van der Waals surface area (Å²) >= 11 is 3.30. The third-order valence-electron chi connectivity index (χ3n) is 3.10. The first kappa shape index (κ1) is 16.2. The largest absolute Gasteiger partial charge is 0.434 e. The van der Waals surface area contributed by atoms with E-state index < -0.39 is 6.61 Å². The molecule has 0 spiro atoms. The van der Waals surface area contributed by atoms with Crippen molar-refractivity contribution in [1.82, 2.24) is 10.6 Å². The number of carbonyl (C=O) groups excluding carboxylic acids is 1. The highest BCUT2D eigenvalue weighted by molar-refractivity contribution is 9.10. The van der Waals surface area contributed by atoms with Gasteiger partial charge in [0.25, 0.3) is 0 Å². The molecule has 4 nitrogen and oxygen atoms in total. The maximum Gasteiger partial charge on any atom is 0.387 e. The molecule has 0 saturated heterocycles. The molecule has 1 aliphatic carbocycles. The van der Waals surface area contributed by atoms with Crippen LogP contribution < -0.4 is 15.4 Å². The Kier molecular flexibility index (Phi) is 5.93. The standard InChI is InChI=1S/C14H17BrF2N2O2/c15-11-3-4-12(21-14(16)17)10(7-11)8-18-5-6-19-13(20)9-1-2-9/h3-4,7,9,14,18H,1-2,5-6,8H2,(H,19,20). The van der Waals surface area contributed by atoms with Gasteiger partial charge in [-0.15, -0.1) is 0 Å². The van der Waals surface area contributed by atoms with Crippen LogP contribution in [0.5, 0.6) is 5.75 Å². The van der Waals surface area contributed by atoms with Crippen molar-refractivity contribution in [2.75, 3.05) is 13.1 Å². The van der Waals surface area contributed by atoms with Crippen LogP contribution in [-0.4, -0.2) is 25.6 Å². The van der Waals surface area contributed by atoms with E-state index in [1.807, 2.05) is 0 Å². The molecule has 7 heteroatoms. The van der Waals surface area contributed by atoms with E-state index in [4.69, 9.17) is 0 Å². The van der Waals surface area contributed by atoms with Crippen molar-refractivity contribution in [3.8, 4) is 5.75 Å². The molecular weight excluding hydrogens is 346 g/mol. The van der Waals surface area contributed by atoms with Crippen molar-refractivity contribution in [1.29, 1.82) is 0 Å². The Balaban J connectivity index is 1.75. The number of ether oxygens (including phenoxy) is 1. The summed E-state index contributed by atoms with van der Waals surface area (Å²) < 4.78 is 29.9. The summed E-state index contributed by atoms with van der Waals surface area (Å²) in [7, 11) is 0. The zero-order valence-electron chi connectivity index (χ0n) is 11.4. The maximum absolute atomic E-state index is 12.3. The van der Waals surface area contributed by atoms with E-state index in [-0.39, 0.29) is 17.6 Å². The number of rotatable bonds is 8. The fourth-order valence-electron chi connectivity index (χ4n) is 1.88. The molecule has 1 aliphatic rings. The predicted octanol–water partition coefficient (Wildman–Crippen LogP) is 2.67. The molecular formula is C14H17BrF2N2O2. The maximum atomic E-state index is 12.3. The first-order chi connectivity index (χ1) is 10.1. The van der Waals surface area contributed by atoms with Gasteiger partial charge in [0.2, 0.25) is 5.91 Å². The number of nitrogens with one attached hydrogen (secondary N) is 2. The number of alkyl halides is 2. The zero-order chi connectivity index (χ0) is 15.2. The highest BCUT2D eigenvalue weighted by Gasteiger charge is 2.28. The van der Waals surface area contributed by atoms with Crippen LogP contribution in [0.2, 0.25) is 0 Å². The molecule has 0 unspecified atom stereocenters. The van der Waals surface area contributed by atoms with Gasteiger partial charge in [0.15, 0.2) is 0 Å². The quantitative estimate of drug-likeness (QED) is 0.699. The van der Waals surface area contributed by atoms with Crippen LogP contribution in [0.3, 0.4) is 0 Å². The van der Waals surface area contributed by atoms with Crippen LogP contribution in [0.15, 0.2) is 22.7 Å². The van der Waals surface area contributed by atoms with Gasteiger partial charge in [0.1, 0.15) is 5.75 Å². The minimum absolute atomic E-state index is 0.0981. The molecule has 1 saturated carbocycles. The summed E-state index contributed by atoms with van der Waals surface area (Å²) in [5.41, 5.74) is 0.637. The van der Waals surface area contributed by atoms with E-state index in [2.05, 4.69) is 31.3 Å². The lowest BCUT2D eigenvalue weighted by Gasteiger charge is -2.12. The van der Waals surface area contributed by atoms with Gasteiger partial charge in [-0.05, 0) is 31.0 Å². The van der Waals surface area contributed by atoms with E-state index in [0.717, 1.165) is 17.3 Å². The Morgan fingerprint density at radius 3 is 2.81 bits per heavy atom. The van der Waals surface area contributed by atoms with Crippen LogP contribution in [0.4, 0.5) is 8.78 Å². The molecule has 1 fully saturated rings. The second-order valence-electron chi connectivity index (χ2n) is 4.87. The minimum Gasteiger partial charge on any atom is -0.434 e. The van der Waals surface area contributed by atoms with Crippen molar-refractivity contribution < 1.29 is 18.3 Å². The molecule has 0 aromatic heterocycles. The summed E-state index contributed by atoms with van der Waals surface area (Å²) in [5, 5.41) is 5.92. The van der Waals surface area contributed by atoms with Crippen LogP contribution in [-0.2, 0) is 11.3 Å². The van der Waals surface area contributed by atoms with Crippen LogP contribution in [0.1, 0.15) is 18.4 Å². The van der Waals surface area contributed by atoms with Crippen molar-refractivity contribution in [3.05, 3.63) is 28.2 Å². The predicted molar refractivity (Wildman–Crippen MR) is 78.2 cm³/mol. The fourth-order valence-corrected chi connectivity index (χ4v) is 2.29. The van der Waals surface area contributed by atoms with Crippen molar-refractivity contribution >= 4 is 21.8 Å². The highest BCUT2D eigenvalue weighted by atomic mass is 79.9. The Hall–Kier alpha value is -1.21. The summed E-state index contributed by atoms with van der Waals surface area (Å²) in [6.45, 7) is -1.36. The third-order valence-corrected chi connectivity index (χ3v) is 3.60. The van der Waals surface area contributed by atoms with E-state index >= 15 is 0 Å². The first-order valence-corrected chi connectivity index (χ1v) is 7.57. The lowest BCUT2D eigenvalue weighted by molar-refractivity contribution is -0.122. The van der Waals surface area contributed by atoms with Crippen LogP contribution in [0, 0.1) is 5.92 Å². The van der Waals surface area contributed by atoms with Crippen molar-refractivity contribution in [3.63, 3.8) is 0 Å². The molecule has 1 aromatic rings. The number of carbonyl (C=O) groups is 1. The van der Waals surface area contributed by atoms with Gasteiger partial charge in [0, 0.05) is 35.6 Å². The molecule has 2 N–H and O–H groups in total. The van der Waals surface area contributed by atoms with Gasteiger partial charge in [-0.25, -0.2) is 0 Å².